The van der Waals surface area contributed by atoms with Crippen molar-refractivity contribution in [1.29, 1.82) is 0 Å². The molecule has 0 spiro atoms. The molecule has 0 bridgehead atoms. The maximum atomic E-state index is 12.0. The van der Waals surface area contributed by atoms with Gasteiger partial charge in [-0.15, -0.1) is 0 Å². The highest BCUT2D eigenvalue weighted by molar-refractivity contribution is 9.10. The Bertz CT molecular complexity index is 427. The van der Waals surface area contributed by atoms with E-state index < -0.39 is 0 Å². The summed E-state index contributed by atoms with van der Waals surface area (Å²) in [4.78, 5) is 12.0. The highest BCUT2D eigenvalue weighted by Gasteiger charge is 2.22. The molecule has 0 radical (unpaired) electrons. The summed E-state index contributed by atoms with van der Waals surface area (Å²) in [7, 11) is 0. The van der Waals surface area contributed by atoms with Crippen molar-refractivity contribution in [1.82, 2.24) is 0 Å². The van der Waals surface area contributed by atoms with Gasteiger partial charge in [-0.3, -0.25) is 0 Å². The summed E-state index contributed by atoms with van der Waals surface area (Å²) in [5.74, 6) is 0.367. The average molecular weight is 312 g/mol. The van der Waals surface area contributed by atoms with Crippen LogP contribution in [0.5, 0.6) is 0 Å². The molecule has 98 valence electrons. The molecule has 0 aliphatic heterocycles. The van der Waals surface area contributed by atoms with Crippen LogP contribution in [0.3, 0.4) is 0 Å². The molecule has 2 N–H and O–H groups in total. The molecule has 1 aromatic rings. The molecule has 3 nitrogen and oxygen atoms in total. The van der Waals surface area contributed by atoms with Gasteiger partial charge in [0.15, 0.2) is 0 Å². The number of hydrogen-bond acceptors (Lipinski definition) is 3. The number of esters is 1. The van der Waals surface area contributed by atoms with Crippen molar-refractivity contribution in [3.63, 3.8) is 0 Å². The van der Waals surface area contributed by atoms with Crippen molar-refractivity contribution in [2.24, 2.45) is 5.92 Å². The highest BCUT2D eigenvalue weighted by Crippen LogP contribution is 2.27. The van der Waals surface area contributed by atoms with Gasteiger partial charge in [0.05, 0.1) is 5.56 Å². The molecule has 2 atom stereocenters. The monoisotopic (exact) mass is 311 g/mol. The maximum absolute atomic E-state index is 12.0. The molecule has 1 saturated carbocycles. The van der Waals surface area contributed by atoms with Gasteiger partial charge in [-0.05, 0) is 43.4 Å². The number of benzene rings is 1. The first kappa shape index (κ1) is 13.4. The molecule has 2 unspecified atom stereocenters. The van der Waals surface area contributed by atoms with Gasteiger partial charge in [-0.25, -0.2) is 4.79 Å². The van der Waals surface area contributed by atoms with Crippen molar-refractivity contribution in [3.8, 4) is 0 Å². The van der Waals surface area contributed by atoms with E-state index in [4.69, 9.17) is 10.5 Å². The van der Waals surface area contributed by atoms with Gasteiger partial charge in [0.25, 0.3) is 0 Å². The second kappa shape index (κ2) is 5.74. The third kappa shape index (κ3) is 3.48. The minimum absolute atomic E-state index is 0.0569. The van der Waals surface area contributed by atoms with Crippen LogP contribution in [0.4, 0.5) is 5.69 Å². The van der Waals surface area contributed by atoms with Crippen LogP contribution in [0.2, 0.25) is 0 Å². The number of anilines is 1. The van der Waals surface area contributed by atoms with Crippen molar-refractivity contribution in [2.45, 2.75) is 38.7 Å². The van der Waals surface area contributed by atoms with Gasteiger partial charge in [0.1, 0.15) is 6.10 Å². The molecule has 1 aliphatic rings. The smallest absolute Gasteiger partial charge is 0.338 e. The third-order valence-corrected chi connectivity index (χ3v) is 3.78. The van der Waals surface area contributed by atoms with E-state index in [0.717, 1.165) is 23.7 Å². The van der Waals surface area contributed by atoms with Crippen molar-refractivity contribution in [3.05, 3.63) is 28.2 Å². The number of nitrogens with two attached hydrogens (primary N) is 1. The van der Waals surface area contributed by atoms with Crippen LogP contribution in [0.25, 0.3) is 0 Å². The fraction of sp³-hybridized carbons (Fsp3) is 0.500. The molecular formula is C14H18BrNO2. The van der Waals surface area contributed by atoms with Crippen molar-refractivity contribution < 1.29 is 9.53 Å². The number of nitrogen functional groups attached to an aromatic ring is 1. The number of hydrogen-bond donors (Lipinski definition) is 1. The van der Waals surface area contributed by atoms with Crippen LogP contribution in [0.1, 0.15) is 43.0 Å². The first-order valence-electron chi connectivity index (χ1n) is 6.31. The van der Waals surface area contributed by atoms with Gasteiger partial charge < -0.3 is 10.5 Å². The van der Waals surface area contributed by atoms with Gasteiger partial charge >= 0.3 is 5.97 Å². The van der Waals surface area contributed by atoms with Gasteiger partial charge in [-0.2, -0.15) is 0 Å². The zero-order valence-electron chi connectivity index (χ0n) is 10.5. The predicted octanol–water partition coefficient (Wildman–Crippen LogP) is 3.77. The summed E-state index contributed by atoms with van der Waals surface area (Å²) in [6, 6.07) is 5.16. The quantitative estimate of drug-likeness (QED) is 0.668. The Morgan fingerprint density at radius 2 is 2.17 bits per heavy atom. The molecule has 0 aromatic heterocycles. The Balaban J connectivity index is 2.02. The van der Waals surface area contributed by atoms with E-state index in [1.54, 1.807) is 18.2 Å². The Kier molecular flexibility index (Phi) is 4.27. The molecule has 0 amide bonds. The lowest BCUT2D eigenvalue weighted by atomic mass is 9.89. The van der Waals surface area contributed by atoms with E-state index >= 15 is 0 Å². The second-order valence-electron chi connectivity index (χ2n) is 5.07. The minimum Gasteiger partial charge on any atom is -0.459 e. The van der Waals surface area contributed by atoms with E-state index in [9.17, 15) is 4.79 Å². The number of carbonyl (C=O) groups excluding carboxylic acids is 1. The van der Waals surface area contributed by atoms with E-state index in [1.165, 1.54) is 6.42 Å². The molecule has 1 fully saturated rings. The van der Waals surface area contributed by atoms with Gasteiger partial charge in [0.2, 0.25) is 0 Å². The molecule has 18 heavy (non-hydrogen) atoms. The van der Waals surface area contributed by atoms with E-state index in [1.807, 2.05) is 0 Å². The van der Waals surface area contributed by atoms with Crippen LogP contribution in [-0.2, 0) is 4.74 Å². The minimum atomic E-state index is -0.276. The van der Waals surface area contributed by atoms with Crippen molar-refractivity contribution >= 4 is 27.6 Å². The zero-order valence-corrected chi connectivity index (χ0v) is 12.1. The topological polar surface area (TPSA) is 52.3 Å². The fourth-order valence-corrected chi connectivity index (χ4v) is 2.95. The Morgan fingerprint density at radius 1 is 1.39 bits per heavy atom. The lowest BCUT2D eigenvalue weighted by Crippen LogP contribution is -2.24. The number of halogens is 1. The predicted molar refractivity (Wildman–Crippen MR) is 75.4 cm³/mol. The third-order valence-electron chi connectivity index (χ3n) is 3.32. The molecule has 1 aromatic carbocycles. The fourth-order valence-electron chi connectivity index (χ4n) is 2.44. The van der Waals surface area contributed by atoms with E-state index in [0.29, 0.717) is 17.2 Å². The van der Waals surface area contributed by atoms with Crippen LogP contribution < -0.4 is 5.73 Å². The van der Waals surface area contributed by atoms with Gasteiger partial charge in [-0.1, -0.05) is 29.3 Å². The number of ether oxygens (including phenoxy) is 1. The van der Waals surface area contributed by atoms with E-state index in [2.05, 4.69) is 22.9 Å². The first-order chi connectivity index (χ1) is 8.54. The zero-order chi connectivity index (χ0) is 13.1. The lowest BCUT2D eigenvalue weighted by molar-refractivity contribution is 0.0155. The second-order valence-corrected chi connectivity index (χ2v) is 5.99. The molecule has 1 aliphatic carbocycles. The lowest BCUT2D eigenvalue weighted by Gasteiger charge is -2.26. The standard InChI is InChI=1S/C14H18BrNO2/c1-9-3-2-4-13(5-9)18-14(17)10-6-11(15)8-12(16)7-10/h6-9,13H,2-5,16H2,1H3. The number of carbonyl (C=O) groups is 1. The van der Waals surface area contributed by atoms with E-state index in [-0.39, 0.29) is 12.1 Å². The van der Waals surface area contributed by atoms with Crippen molar-refractivity contribution in [2.75, 3.05) is 5.73 Å². The number of rotatable bonds is 2. The Hall–Kier alpha value is -1.03. The molecule has 0 heterocycles. The molecular weight excluding hydrogens is 294 g/mol. The SMILES string of the molecule is CC1CCCC(OC(=O)c2cc(N)cc(Br)c2)C1. The van der Waals surface area contributed by atoms with Crippen LogP contribution >= 0.6 is 15.9 Å². The summed E-state index contributed by atoms with van der Waals surface area (Å²) >= 11 is 3.33. The normalized spacial score (nSPS) is 23.7. The first-order valence-corrected chi connectivity index (χ1v) is 7.11. The molecule has 0 saturated heterocycles. The summed E-state index contributed by atoms with van der Waals surface area (Å²) in [6.07, 6.45) is 4.37. The molecule has 4 heteroatoms. The summed E-state index contributed by atoms with van der Waals surface area (Å²) < 4.78 is 6.34. The molecule has 2 rings (SSSR count). The largest absolute Gasteiger partial charge is 0.459 e. The van der Waals surface area contributed by atoms with Crippen LogP contribution in [0.15, 0.2) is 22.7 Å². The maximum Gasteiger partial charge on any atom is 0.338 e. The average Bonchev–Trinajstić information content (AvgIpc) is 2.27. The Morgan fingerprint density at radius 3 is 2.83 bits per heavy atom. The summed E-state index contributed by atoms with van der Waals surface area (Å²) in [6.45, 7) is 2.21. The van der Waals surface area contributed by atoms with Crippen LogP contribution in [0, 0.1) is 5.92 Å². The summed E-state index contributed by atoms with van der Waals surface area (Å²) in [5, 5.41) is 0. The Labute approximate surface area is 116 Å². The van der Waals surface area contributed by atoms with Crippen LogP contribution in [-0.4, -0.2) is 12.1 Å². The van der Waals surface area contributed by atoms with Gasteiger partial charge in [0, 0.05) is 10.2 Å². The highest BCUT2D eigenvalue weighted by atomic mass is 79.9. The summed E-state index contributed by atoms with van der Waals surface area (Å²) in [5.41, 5.74) is 6.79.